The minimum atomic E-state index is -0.860. The predicted molar refractivity (Wildman–Crippen MR) is 91.3 cm³/mol. The van der Waals surface area contributed by atoms with E-state index in [-0.39, 0.29) is 12.6 Å². The van der Waals surface area contributed by atoms with Crippen LogP contribution in [0, 0.1) is 5.92 Å². The van der Waals surface area contributed by atoms with Crippen LogP contribution < -0.4 is 10.2 Å². The number of hydrogen-bond acceptors (Lipinski definition) is 5. The number of carbonyl (C=O) groups is 2. The highest BCUT2D eigenvalue weighted by atomic mass is 79.9. The molecule has 8 nitrogen and oxygen atoms in total. The fourth-order valence-corrected chi connectivity index (χ4v) is 3.35. The second kappa shape index (κ2) is 7.35. The van der Waals surface area contributed by atoms with Gasteiger partial charge in [-0.3, -0.25) is 10.1 Å². The van der Waals surface area contributed by atoms with Gasteiger partial charge < -0.3 is 19.6 Å². The molecule has 2 amide bonds. The maximum Gasteiger partial charge on any atom is 0.323 e. The third-order valence-electron chi connectivity index (χ3n) is 4.25. The number of hydrogen-bond donors (Lipinski definition) is 2. The van der Waals surface area contributed by atoms with Crippen LogP contribution in [0.4, 0.5) is 16.3 Å². The molecule has 0 aromatic carbocycles. The molecule has 1 atom stereocenters. The van der Waals surface area contributed by atoms with E-state index in [1.165, 1.54) is 4.90 Å². The SMILES string of the molecule is O=C(O)C1CCN(C(=O)Nc2cc(N3CCOCC3)c(Br)cn2)C1. The van der Waals surface area contributed by atoms with Gasteiger partial charge >= 0.3 is 12.0 Å². The average Bonchev–Trinajstić information content (AvgIpc) is 3.08. The molecular weight excluding hydrogens is 380 g/mol. The van der Waals surface area contributed by atoms with Gasteiger partial charge in [-0.2, -0.15) is 0 Å². The summed E-state index contributed by atoms with van der Waals surface area (Å²) >= 11 is 3.49. The number of carbonyl (C=O) groups excluding carboxylic acids is 1. The summed E-state index contributed by atoms with van der Waals surface area (Å²) in [5.74, 6) is -0.900. The van der Waals surface area contributed by atoms with Gasteiger partial charge in [0.25, 0.3) is 0 Å². The number of aromatic nitrogens is 1. The van der Waals surface area contributed by atoms with Crippen LogP contribution in [0.1, 0.15) is 6.42 Å². The molecule has 2 aliphatic heterocycles. The van der Waals surface area contributed by atoms with Crippen molar-refractivity contribution in [2.24, 2.45) is 5.92 Å². The second-order valence-corrected chi connectivity index (χ2v) is 6.67. The molecular formula is C15H19BrN4O4. The van der Waals surface area contributed by atoms with Gasteiger partial charge in [0.2, 0.25) is 0 Å². The summed E-state index contributed by atoms with van der Waals surface area (Å²) in [5.41, 5.74) is 0.952. The van der Waals surface area contributed by atoms with E-state index in [1.54, 1.807) is 6.20 Å². The van der Waals surface area contributed by atoms with Crippen LogP contribution in [0.25, 0.3) is 0 Å². The smallest absolute Gasteiger partial charge is 0.323 e. The van der Waals surface area contributed by atoms with Crippen LogP contribution >= 0.6 is 15.9 Å². The number of carboxylic acid groups (broad SMARTS) is 1. The number of morpholine rings is 1. The summed E-state index contributed by atoms with van der Waals surface area (Å²) in [4.78, 5) is 31.2. The average molecular weight is 399 g/mol. The summed E-state index contributed by atoms with van der Waals surface area (Å²) in [6.07, 6.45) is 2.14. The van der Waals surface area contributed by atoms with Crippen molar-refractivity contribution >= 4 is 39.4 Å². The van der Waals surface area contributed by atoms with Crippen LogP contribution in [0.15, 0.2) is 16.7 Å². The number of urea groups is 1. The number of amides is 2. The highest BCUT2D eigenvalue weighted by Gasteiger charge is 2.31. The van der Waals surface area contributed by atoms with Gasteiger partial charge in [-0.05, 0) is 22.4 Å². The van der Waals surface area contributed by atoms with E-state index in [2.05, 4.69) is 31.1 Å². The molecule has 24 heavy (non-hydrogen) atoms. The third kappa shape index (κ3) is 3.78. The molecule has 1 unspecified atom stereocenters. The van der Waals surface area contributed by atoms with Crippen molar-refractivity contribution in [3.63, 3.8) is 0 Å². The molecule has 1 aromatic rings. The maximum atomic E-state index is 12.3. The molecule has 2 saturated heterocycles. The van der Waals surface area contributed by atoms with Gasteiger partial charge in [-0.15, -0.1) is 0 Å². The van der Waals surface area contributed by atoms with Crippen molar-refractivity contribution in [1.82, 2.24) is 9.88 Å². The van der Waals surface area contributed by atoms with E-state index in [0.29, 0.717) is 32.0 Å². The van der Waals surface area contributed by atoms with E-state index in [1.807, 2.05) is 6.07 Å². The quantitative estimate of drug-likeness (QED) is 0.802. The first kappa shape index (κ1) is 17.0. The zero-order valence-electron chi connectivity index (χ0n) is 13.1. The van der Waals surface area contributed by atoms with Gasteiger partial charge in [0.1, 0.15) is 5.82 Å². The Morgan fingerprint density at radius 3 is 2.75 bits per heavy atom. The molecule has 0 spiro atoms. The van der Waals surface area contributed by atoms with E-state index in [9.17, 15) is 9.59 Å². The number of aliphatic carboxylic acids is 1. The van der Waals surface area contributed by atoms with Gasteiger partial charge in [0, 0.05) is 38.4 Å². The summed E-state index contributed by atoms with van der Waals surface area (Å²) in [6, 6.07) is 1.50. The highest BCUT2D eigenvalue weighted by molar-refractivity contribution is 9.10. The lowest BCUT2D eigenvalue weighted by atomic mass is 10.1. The zero-order valence-corrected chi connectivity index (χ0v) is 14.7. The lowest BCUT2D eigenvalue weighted by Crippen LogP contribution is -2.37. The van der Waals surface area contributed by atoms with Gasteiger partial charge in [-0.1, -0.05) is 0 Å². The minimum Gasteiger partial charge on any atom is -0.481 e. The summed E-state index contributed by atoms with van der Waals surface area (Å²) < 4.78 is 6.21. The fraction of sp³-hybridized carbons (Fsp3) is 0.533. The summed E-state index contributed by atoms with van der Waals surface area (Å²) in [6.45, 7) is 3.57. The molecule has 2 aliphatic rings. The Bertz CT molecular complexity index is 636. The molecule has 2 N–H and O–H groups in total. The molecule has 1 aromatic heterocycles. The molecule has 2 fully saturated rings. The Kier molecular flexibility index (Phi) is 5.20. The fourth-order valence-electron chi connectivity index (χ4n) is 2.88. The monoisotopic (exact) mass is 398 g/mol. The normalized spacial score (nSPS) is 21.0. The van der Waals surface area contributed by atoms with Crippen LogP contribution in [0.3, 0.4) is 0 Å². The lowest BCUT2D eigenvalue weighted by molar-refractivity contribution is -0.141. The van der Waals surface area contributed by atoms with Crippen molar-refractivity contribution in [3.8, 4) is 0 Å². The van der Waals surface area contributed by atoms with Crippen LogP contribution in [0.5, 0.6) is 0 Å². The molecule has 9 heteroatoms. The molecule has 0 radical (unpaired) electrons. The van der Waals surface area contributed by atoms with Crippen LogP contribution in [0.2, 0.25) is 0 Å². The molecule has 3 rings (SSSR count). The summed E-state index contributed by atoms with van der Waals surface area (Å²) in [7, 11) is 0. The lowest BCUT2D eigenvalue weighted by Gasteiger charge is -2.29. The standard InChI is InChI=1S/C15H19BrN4O4/c16-11-8-17-13(7-12(11)19-3-5-24-6-4-19)18-15(23)20-2-1-10(9-20)14(21)22/h7-8,10H,1-6,9H2,(H,21,22)(H,17,18,23). The maximum absolute atomic E-state index is 12.3. The molecule has 130 valence electrons. The summed E-state index contributed by atoms with van der Waals surface area (Å²) in [5, 5.41) is 11.8. The Morgan fingerprint density at radius 1 is 1.33 bits per heavy atom. The number of ether oxygens (including phenoxy) is 1. The zero-order chi connectivity index (χ0) is 17.1. The van der Waals surface area contributed by atoms with Crippen molar-refractivity contribution < 1.29 is 19.4 Å². The first-order valence-electron chi connectivity index (χ1n) is 7.81. The number of rotatable bonds is 3. The van der Waals surface area contributed by atoms with Crippen LogP contribution in [-0.4, -0.2) is 66.4 Å². The first-order valence-corrected chi connectivity index (χ1v) is 8.61. The molecule has 0 aliphatic carbocycles. The van der Waals surface area contributed by atoms with Gasteiger partial charge in [0.05, 0.1) is 29.3 Å². The molecule has 0 saturated carbocycles. The second-order valence-electron chi connectivity index (χ2n) is 5.82. The van der Waals surface area contributed by atoms with E-state index in [0.717, 1.165) is 23.2 Å². The number of nitrogens with zero attached hydrogens (tertiary/aromatic N) is 3. The highest BCUT2D eigenvalue weighted by Crippen LogP contribution is 2.28. The number of likely N-dealkylation sites (tertiary alicyclic amines) is 1. The Morgan fingerprint density at radius 2 is 2.08 bits per heavy atom. The minimum absolute atomic E-state index is 0.230. The first-order chi connectivity index (χ1) is 11.5. The number of halogens is 1. The van der Waals surface area contributed by atoms with Crippen molar-refractivity contribution in [1.29, 1.82) is 0 Å². The number of nitrogens with one attached hydrogen (secondary N) is 1. The van der Waals surface area contributed by atoms with E-state index in [4.69, 9.17) is 9.84 Å². The van der Waals surface area contributed by atoms with Crippen molar-refractivity contribution in [2.75, 3.05) is 49.6 Å². The van der Waals surface area contributed by atoms with E-state index >= 15 is 0 Å². The van der Waals surface area contributed by atoms with Gasteiger partial charge in [-0.25, -0.2) is 9.78 Å². The van der Waals surface area contributed by atoms with Crippen molar-refractivity contribution in [3.05, 3.63) is 16.7 Å². The predicted octanol–water partition coefficient (Wildman–Crippen LogP) is 1.62. The number of anilines is 2. The largest absolute Gasteiger partial charge is 0.481 e. The molecule has 3 heterocycles. The number of carboxylic acids is 1. The van der Waals surface area contributed by atoms with E-state index < -0.39 is 11.9 Å². The van der Waals surface area contributed by atoms with Crippen molar-refractivity contribution in [2.45, 2.75) is 6.42 Å². The van der Waals surface area contributed by atoms with Crippen LogP contribution in [-0.2, 0) is 9.53 Å². The Hall–Kier alpha value is -1.87. The number of pyridine rings is 1. The van der Waals surface area contributed by atoms with Gasteiger partial charge in [0.15, 0.2) is 0 Å². The Labute approximate surface area is 147 Å². The topological polar surface area (TPSA) is 95.0 Å². The third-order valence-corrected chi connectivity index (χ3v) is 4.86. The molecule has 0 bridgehead atoms. The Balaban J connectivity index is 1.67.